The molecule has 2 N–H and O–H groups in total. The van der Waals surface area contributed by atoms with Crippen molar-refractivity contribution in [2.24, 2.45) is 10.4 Å². The number of ether oxygens (including phenoxy) is 1. The van der Waals surface area contributed by atoms with Gasteiger partial charge in [0.05, 0.1) is 6.10 Å². The normalized spacial score (nSPS) is 20.5. The predicted octanol–water partition coefficient (Wildman–Crippen LogP) is 3.82. The van der Waals surface area contributed by atoms with Crippen LogP contribution in [0.3, 0.4) is 0 Å². The number of hydrogen-bond acceptors (Lipinski definition) is 4. The number of aliphatic imine (C=N–C) groups is 1. The van der Waals surface area contributed by atoms with E-state index in [1.807, 2.05) is 28.8 Å². The Hall–Kier alpha value is -1.42. The minimum atomic E-state index is 0. The molecule has 0 bridgehead atoms. The van der Waals surface area contributed by atoms with Crippen molar-refractivity contribution in [1.82, 2.24) is 25.2 Å². The lowest BCUT2D eigenvalue weighted by Crippen LogP contribution is -2.63. The summed E-state index contributed by atoms with van der Waals surface area (Å²) in [6.45, 7) is 11.3. The molecule has 0 radical (unpaired) electrons. The van der Waals surface area contributed by atoms with Crippen molar-refractivity contribution in [3.8, 4) is 0 Å². The van der Waals surface area contributed by atoms with Gasteiger partial charge in [-0.15, -0.1) is 34.2 Å². The number of unbranched alkanes of at least 4 members (excludes halogenated alkanes) is 1. The largest absolute Gasteiger partial charge is 0.378 e. The molecular formula is C22H37IN6O. The predicted molar refractivity (Wildman–Crippen MR) is 133 cm³/mol. The standard InChI is InChI=1S/C22H36N6O.HI/c1-5-7-15-29-18-16-17(22(18,3)4)25-21(23-6-2)24-13-10-12-20-27-26-19-11-8-9-14-28(19)20;/h8-9,11,14,17-18H,5-7,10,12-13,15-16H2,1-4H3,(H2,23,24,25);1H. The van der Waals surface area contributed by atoms with Crippen molar-refractivity contribution in [3.63, 3.8) is 0 Å². The number of pyridine rings is 1. The number of aromatic nitrogens is 3. The molecule has 8 heteroatoms. The highest BCUT2D eigenvalue weighted by Crippen LogP contribution is 2.42. The topological polar surface area (TPSA) is 75.8 Å². The number of aryl methyl sites for hydroxylation is 1. The van der Waals surface area contributed by atoms with Gasteiger partial charge in [0.25, 0.3) is 0 Å². The van der Waals surface area contributed by atoms with Gasteiger partial charge >= 0.3 is 0 Å². The van der Waals surface area contributed by atoms with Gasteiger partial charge in [0.2, 0.25) is 0 Å². The van der Waals surface area contributed by atoms with Crippen molar-refractivity contribution in [2.75, 3.05) is 19.7 Å². The maximum atomic E-state index is 6.06. The number of rotatable bonds is 10. The van der Waals surface area contributed by atoms with Crippen LogP contribution >= 0.6 is 24.0 Å². The van der Waals surface area contributed by atoms with Crippen LogP contribution in [0.25, 0.3) is 5.65 Å². The van der Waals surface area contributed by atoms with Crippen molar-refractivity contribution in [3.05, 3.63) is 30.2 Å². The molecule has 1 aliphatic rings. The Morgan fingerprint density at radius 1 is 1.27 bits per heavy atom. The third-order valence-corrected chi connectivity index (χ3v) is 5.86. The number of hydrogen-bond donors (Lipinski definition) is 2. The first-order chi connectivity index (χ1) is 14.1. The smallest absolute Gasteiger partial charge is 0.191 e. The number of nitrogens with zero attached hydrogens (tertiary/aromatic N) is 4. The number of halogens is 1. The van der Waals surface area contributed by atoms with E-state index in [4.69, 9.17) is 9.73 Å². The minimum absolute atomic E-state index is 0. The van der Waals surface area contributed by atoms with Crippen LogP contribution in [-0.4, -0.2) is 52.4 Å². The highest BCUT2D eigenvalue weighted by molar-refractivity contribution is 14.0. The molecule has 0 saturated heterocycles. The molecule has 7 nitrogen and oxygen atoms in total. The zero-order valence-electron chi connectivity index (χ0n) is 18.7. The van der Waals surface area contributed by atoms with E-state index in [1.165, 1.54) is 6.42 Å². The van der Waals surface area contributed by atoms with E-state index in [-0.39, 0.29) is 29.4 Å². The van der Waals surface area contributed by atoms with Gasteiger partial charge in [-0.3, -0.25) is 9.39 Å². The highest BCUT2D eigenvalue weighted by Gasteiger charge is 2.49. The van der Waals surface area contributed by atoms with E-state index in [1.54, 1.807) is 0 Å². The highest BCUT2D eigenvalue weighted by atomic mass is 127. The molecule has 0 spiro atoms. The lowest BCUT2D eigenvalue weighted by Gasteiger charge is -2.52. The van der Waals surface area contributed by atoms with Crippen LogP contribution in [0.2, 0.25) is 0 Å². The second kappa shape index (κ2) is 11.8. The first-order valence-electron chi connectivity index (χ1n) is 11.0. The fourth-order valence-corrected chi connectivity index (χ4v) is 3.76. The van der Waals surface area contributed by atoms with Crippen molar-refractivity contribution < 1.29 is 4.74 Å². The Morgan fingerprint density at radius 2 is 2.10 bits per heavy atom. The molecule has 0 aromatic carbocycles. The van der Waals surface area contributed by atoms with Crippen LogP contribution in [0, 0.1) is 5.41 Å². The maximum absolute atomic E-state index is 6.06. The molecule has 30 heavy (non-hydrogen) atoms. The summed E-state index contributed by atoms with van der Waals surface area (Å²) in [5.41, 5.74) is 1.01. The van der Waals surface area contributed by atoms with Crippen LogP contribution in [0.15, 0.2) is 29.4 Å². The summed E-state index contributed by atoms with van der Waals surface area (Å²) >= 11 is 0. The average Bonchev–Trinajstić information content (AvgIpc) is 3.13. The van der Waals surface area contributed by atoms with Crippen molar-refractivity contribution in [1.29, 1.82) is 0 Å². The lowest BCUT2D eigenvalue weighted by molar-refractivity contribution is -0.113. The monoisotopic (exact) mass is 528 g/mol. The molecule has 1 fully saturated rings. The molecule has 2 aromatic rings. The summed E-state index contributed by atoms with van der Waals surface area (Å²) in [4.78, 5) is 4.78. The van der Waals surface area contributed by atoms with E-state index in [0.29, 0.717) is 12.1 Å². The van der Waals surface area contributed by atoms with Crippen LogP contribution in [0.5, 0.6) is 0 Å². The Morgan fingerprint density at radius 3 is 2.83 bits per heavy atom. The van der Waals surface area contributed by atoms with Gasteiger partial charge in [-0.05, 0) is 38.3 Å². The minimum Gasteiger partial charge on any atom is -0.378 e. The molecule has 1 aliphatic carbocycles. The van der Waals surface area contributed by atoms with Crippen LogP contribution < -0.4 is 10.6 Å². The quantitative estimate of drug-likeness (QED) is 0.212. The van der Waals surface area contributed by atoms with E-state index in [9.17, 15) is 0 Å². The van der Waals surface area contributed by atoms with Crippen LogP contribution in [0.1, 0.15) is 59.2 Å². The number of fused-ring (bicyclic) bond motifs is 1. The Labute approximate surface area is 197 Å². The molecule has 0 aliphatic heterocycles. The molecule has 0 amide bonds. The Balaban J connectivity index is 0.00000320. The van der Waals surface area contributed by atoms with Crippen molar-refractivity contribution in [2.45, 2.75) is 71.9 Å². The van der Waals surface area contributed by atoms with Gasteiger partial charge in [-0.25, -0.2) is 0 Å². The van der Waals surface area contributed by atoms with E-state index < -0.39 is 0 Å². The lowest BCUT2D eigenvalue weighted by atomic mass is 9.64. The molecule has 2 aromatic heterocycles. The third-order valence-electron chi connectivity index (χ3n) is 5.86. The van der Waals surface area contributed by atoms with Gasteiger partial charge in [0, 0.05) is 43.8 Å². The number of nitrogens with one attached hydrogen (secondary N) is 2. The van der Waals surface area contributed by atoms with Gasteiger partial charge in [0.15, 0.2) is 11.6 Å². The summed E-state index contributed by atoms with van der Waals surface area (Å²) in [5, 5.41) is 15.5. The molecule has 2 atom stereocenters. The van der Waals surface area contributed by atoms with Gasteiger partial charge in [-0.2, -0.15) is 0 Å². The molecule has 2 unspecified atom stereocenters. The fraction of sp³-hybridized carbons (Fsp3) is 0.682. The average molecular weight is 528 g/mol. The molecular weight excluding hydrogens is 491 g/mol. The molecule has 168 valence electrons. The summed E-state index contributed by atoms with van der Waals surface area (Å²) in [5.74, 6) is 1.88. The second-order valence-corrected chi connectivity index (χ2v) is 8.38. The molecule has 1 saturated carbocycles. The molecule has 2 heterocycles. The van der Waals surface area contributed by atoms with E-state index >= 15 is 0 Å². The van der Waals surface area contributed by atoms with Gasteiger partial charge in [0.1, 0.15) is 5.82 Å². The second-order valence-electron chi connectivity index (χ2n) is 8.38. The zero-order chi connectivity index (χ0) is 20.7. The first-order valence-corrected chi connectivity index (χ1v) is 11.0. The summed E-state index contributed by atoms with van der Waals surface area (Å²) < 4.78 is 8.11. The summed E-state index contributed by atoms with van der Waals surface area (Å²) in [6.07, 6.45) is 7.48. The maximum Gasteiger partial charge on any atom is 0.191 e. The van der Waals surface area contributed by atoms with Gasteiger partial charge < -0.3 is 15.4 Å². The first kappa shape index (κ1) is 24.8. The summed E-state index contributed by atoms with van der Waals surface area (Å²) in [7, 11) is 0. The number of guanidine groups is 1. The molecule has 3 rings (SSSR count). The van der Waals surface area contributed by atoms with Crippen LogP contribution in [0.4, 0.5) is 0 Å². The van der Waals surface area contributed by atoms with Gasteiger partial charge in [-0.1, -0.05) is 33.3 Å². The Kier molecular flexibility index (Phi) is 9.80. The summed E-state index contributed by atoms with van der Waals surface area (Å²) in [6, 6.07) is 6.34. The van der Waals surface area contributed by atoms with E-state index in [0.717, 1.165) is 62.8 Å². The van der Waals surface area contributed by atoms with Crippen LogP contribution in [-0.2, 0) is 11.2 Å². The van der Waals surface area contributed by atoms with Crippen molar-refractivity contribution >= 4 is 35.6 Å². The fourth-order valence-electron chi connectivity index (χ4n) is 3.76. The Bertz CT molecular complexity index is 806. The zero-order valence-corrected chi connectivity index (χ0v) is 21.1. The third kappa shape index (κ3) is 6.06. The SMILES string of the molecule is CCCCOC1CC(NC(=NCCCc2nnc3ccccn23)NCC)C1(C)C.I. The van der Waals surface area contributed by atoms with E-state index in [2.05, 4.69) is 48.5 Å².